The molecule has 0 bridgehead atoms. The summed E-state index contributed by atoms with van der Waals surface area (Å²) < 4.78 is 12.2. The topological polar surface area (TPSA) is 164 Å². The monoisotopic (exact) mass is 607 g/mol. The second-order valence-corrected chi connectivity index (χ2v) is 14.0. The number of rotatable bonds is 6. The van der Waals surface area contributed by atoms with Crippen molar-refractivity contribution in [3.05, 3.63) is 64.3 Å². The van der Waals surface area contributed by atoms with Crippen LogP contribution in [0.5, 0.6) is 0 Å². The standard InChI is InChI=1S/C29H30N5O6PS/c30-11-18-9-20(13-31-12-18)21-14-33(15-21)29(37)24-6-5-22-2-1-3-23(28(36)34(22)24)32-27(35)26-10-19-8-17(16-41(38,39)40)4-7-25(19)42-26/h4,7-10,12-13,21-24H,1-3,5-6,14-16H2,(H,32,35)(H2,38,39,40)/t22-,23-,24-/m0/s1. The number of benzene rings is 1. The number of amides is 3. The lowest BCUT2D eigenvalue weighted by Crippen LogP contribution is -2.58. The predicted octanol–water partition coefficient (Wildman–Crippen LogP) is 3.11. The average Bonchev–Trinajstić information content (AvgIpc) is 3.51. The Morgan fingerprint density at radius 3 is 2.69 bits per heavy atom. The summed E-state index contributed by atoms with van der Waals surface area (Å²) >= 11 is 1.25. The van der Waals surface area contributed by atoms with Crippen LogP contribution in [-0.4, -0.2) is 73.5 Å². The van der Waals surface area contributed by atoms with Gasteiger partial charge in [0.15, 0.2) is 0 Å². The Labute approximate surface area is 246 Å². The van der Waals surface area contributed by atoms with E-state index in [4.69, 9.17) is 5.26 Å². The summed E-state index contributed by atoms with van der Waals surface area (Å²) in [6.07, 6.45) is 6.23. The molecule has 3 aliphatic rings. The highest BCUT2D eigenvalue weighted by Gasteiger charge is 2.47. The lowest BCUT2D eigenvalue weighted by molar-refractivity contribution is -0.148. The van der Waals surface area contributed by atoms with Crippen molar-refractivity contribution in [3.8, 4) is 6.07 Å². The van der Waals surface area contributed by atoms with Crippen molar-refractivity contribution in [1.82, 2.24) is 20.1 Å². The molecule has 3 atom stereocenters. The SMILES string of the molecule is N#Cc1cncc(C2CN(C(=O)[C@@H]3CC[C@@H]4CCC[C@H](NC(=O)c5cc6cc(CP(=O)(O)O)ccc6s5)C(=O)N43)C2)c1. The number of hydrogen-bond donors (Lipinski definition) is 3. The van der Waals surface area contributed by atoms with Crippen molar-refractivity contribution >= 4 is 46.7 Å². The second-order valence-electron chi connectivity index (χ2n) is 11.3. The second kappa shape index (κ2) is 11.2. The Morgan fingerprint density at radius 1 is 1.12 bits per heavy atom. The van der Waals surface area contributed by atoms with E-state index in [-0.39, 0.29) is 35.8 Å². The van der Waals surface area contributed by atoms with Gasteiger partial charge in [-0.1, -0.05) is 6.07 Å². The maximum atomic E-state index is 13.8. The third-order valence-corrected chi connectivity index (χ3v) is 10.3. The first-order valence-corrected chi connectivity index (χ1v) is 16.5. The van der Waals surface area contributed by atoms with Crippen LogP contribution in [0.3, 0.4) is 0 Å². The molecule has 13 heteroatoms. The van der Waals surface area contributed by atoms with Crippen LogP contribution in [0.2, 0.25) is 0 Å². The van der Waals surface area contributed by atoms with Gasteiger partial charge in [0, 0.05) is 42.1 Å². The molecule has 0 unspecified atom stereocenters. The average molecular weight is 608 g/mol. The lowest BCUT2D eigenvalue weighted by atomic mass is 9.91. The molecule has 11 nitrogen and oxygen atoms in total. The Kier molecular flexibility index (Phi) is 7.62. The number of pyridine rings is 1. The van der Waals surface area contributed by atoms with Crippen LogP contribution >= 0.6 is 18.9 Å². The summed E-state index contributed by atoms with van der Waals surface area (Å²) in [6, 6.07) is 9.29. The highest BCUT2D eigenvalue weighted by atomic mass is 32.1. The summed E-state index contributed by atoms with van der Waals surface area (Å²) in [7, 11) is -4.22. The Bertz CT molecular complexity index is 1660. The Morgan fingerprint density at radius 2 is 1.93 bits per heavy atom. The fraction of sp³-hybridized carbons (Fsp3) is 0.414. The van der Waals surface area contributed by atoms with E-state index in [0.29, 0.717) is 47.3 Å². The molecule has 42 heavy (non-hydrogen) atoms. The molecular weight excluding hydrogens is 577 g/mol. The van der Waals surface area contributed by atoms with Crippen molar-refractivity contribution in [3.63, 3.8) is 0 Å². The summed E-state index contributed by atoms with van der Waals surface area (Å²) in [4.78, 5) is 67.1. The van der Waals surface area contributed by atoms with Gasteiger partial charge in [0.1, 0.15) is 18.2 Å². The van der Waals surface area contributed by atoms with Crippen molar-refractivity contribution in [2.75, 3.05) is 13.1 Å². The first-order valence-electron chi connectivity index (χ1n) is 13.9. The molecule has 3 fully saturated rings. The zero-order valence-corrected chi connectivity index (χ0v) is 24.4. The van der Waals surface area contributed by atoms with E-state index < -0.39 is 19.7 Å². The van der Waals surface area contributed by atoms with Crippen molar-refractivity contribution < 1.29 is 28.7 Å². The van der Waals surface area contributed by atoms with Gasteiger partial charge in [0.2, 0.25) is 11.8 Å². The van der Waals surface area contributed by atoms with Gasteiger partial charge in [0.05, 0.1) is 16.6 Å². The fourth-order valence-corrected chi connectivity index (χ4v) is 7.95. The Balaban J connectivity index is 1.12. The van der Waals surface area contributed by atoms with Crippen molar-refractivity contribution in [1.29, 1.82) is 5.26 Å². The van der Waals surface area contributed by atoms with Crippen LogP contribution in [0, 0.1) is 11.3 Å². The van der Waals surface area contributed by atoms with Gasteiger partial charge in [-0.15, -0.1) is 11.3 Å². The lowest BCUT2D eigenvalue weighted by Gasteiger charge is -2.42. The number of nitriles is 1. The molecule has 0 radical (unpaired) electrons. The summed E-state index contributed by atoms with van der Waals surface area (Å²) in [6.45, 7) is 1.03. The van der Waals surface area contributed by atoms with Crippen molar-refractivity contribution in [2.45, 2.75) is 62.3 Å². The number of carbonyl (C=O) groups excluding carboxylic acids is 3. The van der Waals surface area contributed by atoms with Gasteiger partial charge in [-0.2, -0.15) is 5.26 Å². The summed E-state index contributed by atoms with van der Waals surface area (Å²) in [5.41, 5.74) is 1.89. The number of thiophene rings is 1. The van der Waals surface area contributed by atoms with E-state index in [2.05, 4.69) is 16.4 Å². The molecule has 0 spiro atoms. The first kappa shape index (κ1) is 28.5. The van der Waals surface area contributed by atoms with Gasteiger partial charge in [0.25, 0.3) is 5.91 Å². The predicted molar refractivity (Wildman–Crippen MR) is 155 cm³/mol. The molecule has 0 saturated carbocycles. The molecule has 0 aliphatic carbocycles. The molecule has 3 N–H and O–H groups in total. The highest BCUT2D eigenvalue weighted by molar-refractivity contribution is 7.50. The largest absolute Gasteiger partial charge is 0.340 e. The van der Waals surface area contributed by atoms with Gasteiger partial charge >= 0.3 is 7.60 Å². The molecule has 218 valence electrons. The molecule has 6 rings (SSSR count). The first-order chi connectivity index (χ1) is 20.1. The molecule has 5 heterocycles. The number of carbonyl (C=O) groups is 3. The third-order valence-electron chi connectivity index (χ3n) is 8.42. The van der Waals surface area contributed by atoms with Crippen LogP contribution in [0.25, 0.3) is 10.1 Å². The minimum absolute atomic E-state index is 0.0290. The van der Waals surface area contributed by atoms with E-state index >= 15 is 0 Å². The minimum Gasteiger partial charge on any atom is -0.340 e. The van der Waals surface area contributed by atoms with Crippen LogP contribution in [-0.2, 0) is 20.3 Å². The molecule has 1 aromatic carbocycles. The molecule has 2 aromatic heterocycles. The molecule has 3 aliphatic heterocycles. The van der Waals surface area contributed by atoms with Crippen LogP contribution in [0.1, 0.15) is 64.4 Å². The summed E-state index contributed by atoms with van der Waals surface area (Å²) in [5.74, 6) is -0.581. The number of likely N-dealkylation sites (tertiary alicyclic amines) is 1. The molecule has 3 saturated heterocycles. The molecular formula is C29H30N5O6PS. The number of hydrogen-bond acceptors (Lipinski definition) is 7. The number of nitrogens with zero attached hydrogens (tertiary/aromatic N) is 4. The van der Waals surface area contributed by atoms with Gasteiger partial charge in [-0.25, -0.2) is 0 Å². The Hall–Kier alpha value is -3.62. The van der Waals surface area contributed by atoms with E-state index in [0.717, 1.165) is 29.5 Å². The van der Waals surface area contributed by atoms with Crippen LogP contribution in [0.4, 0.5) is 0 Å². The maximum Gasteiger partial charge on any atom is 0.329 e. The molecule has 3 aromatic rings. The van der Waals surface area contributed by atoms with Gasteiger partial charge in [-0.05, 0) is 72.9 Å². The third kappa shape index (κ3) is 5.70. The quantitative estimate of drug-likeness (QED) is 0.360. The number of aromatic nitrogens is 1. The van der Waals surface area contributed by atoms with Crippen LogP contribution in [0.15, 0.2) is 42.7 Å². The van der Waals surface area contributed by atoms with E-state index in [9.17, 15) is 28.7 Å². The van der Waals surface area contributed by atoms with Crippen LogP contribution < -0.4 is 5.32 Å². The maximum absolute atomic E-state index is 13.8. The smallest absolute Gasteiger partial charge is 0.329 e. The number of fused-ring (bicyclic) bond motifs is 2. The van der Waals surface area contributed by atoms with E-state index in [1.807, 2.05) is 0 Å². The van der Waals surface area contributed by atoms with E-state index in [1.165, 1.54) is 17.5 Å². The van der Waals surface area contributed by atoms with Gasteiger partial charge < -0.3 is 24.9 Å². The highest BCUT2D eigenvalue weighted by Crippen LogP contribution is 2.40. The minimum atomic E-state index is -4.22. The van der Waals surface area contributed by atoms with E-state index in [1.54, 1.807) is 46.3 Å². The zero-order valence-electron chi connectivity index (χ0n) is 22.7. The fourth-order valence-electron chi connectivity index (χ4n) is 6.33. The zero-order chi connectivity index (χ0) is 29.6. The normalized spacial score (nSPS) is 22.8. The van der Waals surface area contributed by atoms with Crippen molar-refractivity contribution in [2.24, 2.45) is 0 Å². The number of nitrogens with one attached hydrogen (secondary N) is 1. The van der Waals surface area contributed by atoms with Gasteiger partial charge in [-0.3, -0.25) is 23.9 Å². The molecule has 3 amide bonds. The summed E-state index contributed by atoms with van der Waals surface area (Å²) in [5, 5.41) is 12.8.